The van der Waals surface area contributed by atoms with Gasteiger partial charge in [0, 0.05) is 24.3 Å². The minimum Gasteiger partial charge on any atom is -0.497 e. The van der Waals surface area contributed by atoms with Crippen molar-refractivity contribution in [3.05, 3.63) is 53.6 Å². The van der Waals surface area contributed by atoms with Crippen molar-refractivity contribution in [1.29, 1.82) is 0 Å². The summed E-state index contributed by atoms with van der Waals surface area (Å²) in [6.07, 6.45) is -0.544. The second kappa shape index (κ2) is 12.2. The van der Waals surface area contributed by atoms with E-state index < -0.39 is 12.7 Å². The lowest BCUT2D eigenvalue weighted by Crippen LogP contribution is -2.36. The lowest BCUT2D eigenvalue weighted by atomic mass is 10.2. The molecule has 0 aliphatic heterocycles. The van der Waals surface area contributed by atoms with E-state index in [1.54, 1.807) is 24.3 Å². The number of nitrogens with one attached hydrogen (secondary N) is 3. The molecule has 0 heterocycles. The monoisotopic (exact) mass is 436 g/mol. The highest BCUT2D eigenvalue weighted by Gasteiger charge is 2.11. The summed E-state index contributed by atoms with van der Waals surface area (Å²) in [5.41, 5.74) is 2.02. The van der Waals surface area contributed by atoms with Gasteiger partial charge in [0.15, 0.2) is 5.96 Å². The van der Waals surface area contributed by atoms with Crippen LogP contribution in [0.5, 0.6) is 11.5 Å². The Balaban J connectivity index is 2.05. The fraction of sp³-hybridized carbons (Fsp3) is 0.333. The minimum absolute atomic E-state index is 0.0628. The Hall–Kier alpha value is -3.56. The van der Waals surface area contributed by atoms with Crippen LogP contribution in [0.3, 0.4) is 0 Å². The number of hydrogen-bond acceptors (Lipinski definition) is 5. The molecule has 168 valence electrons. The molecular formula is C21H26F2N4O4. The normalized spacial score (nSPS) is 11.1. The lowest BCUT2D eigenvalue weighted by molar-refractivity contribution is -0.0505. The third-order valence-corrected chi connectivity index (χ3v) is 4.08. The zero-order chi connectivity index (χ0) is 22.6. The molecule has 3 N–H and O–H groups in total. The molecule has 0 unspecified atom stereocenters. The molecule has 0 fully saturated rings. The van der Waals surface area contributed by atoms with Crippen molar-refractivity contribution in [2.24, 2.45) is 4.99 Å². The van der Waals surface area contributed by atoms with Gasteiger partial charge in [0.2, 0.25) is 0 Å². The molecule has 2 aromatic rings. The summed E-state index contributed by atoms with van der Waals surface area (Å²) in [4.78, 5) is 15.7. The van der Waals surface area contributed by atoms with E-state index in [2.05, 4.69) is 30.4 Å². The molecule has 0 aromatic heterocycles. The first-order chi connectivity index (χ1) is 14.9. The van der Waals surface area contributed by atoms with E-state index in [0.29, 0.717) is 36.0 Å². The van der Waals surface area contributed by atoms with Gasteiger partial charge in [-0.25, -0.2) is 9.79 Å². The third-order valence-electron chi connectivity index (χ3n) is 4.08. The van der Waals surface area contributed by atoms with Crippen molar-refractivity contribution in [2.75, 3.05) is 26.1 Å². The number of ether oxygens (including phenoxy) is 3. The van der Waals surface area contributed by atoms with Crippen molar-refractivity contribution in [3.63, 3.8) is 0 Å². The van der Waals surface area contributed by atoms with Crippen LogP contribution in [0.1, 0.15) is 18.1 Å². The number of anilines is 1. The van der Waals surface area contributed by atoms with E-state index in [4.69, 9.17) is 4.74 Å². The smallest absolute Gasteiger partial charge is 0.411 e. The van der Waals surface area contributed by atoms with Crippen molar-refractivity contribution < 1.29 is 27.8 Å². The van der Waals surface area contributed by atoms with E-state index >= 15 is 0 Å². The van der Waals surface area contributed by atoms with E-state index in [0.717, 1.165) is 5.56 Å². The highest BCUT2D eigenvalue weighted by molar-refractivity contribution is 5.84. The van der Waals surface area contributed by atoms with E-state index in [1.807, 2.05) is 19.1 Å². The van der Waals surface area contributed by atoms with E-state index in [1.165, 1.54) is 20.3 Å². The summed E-state index contributed by atoms with van der Waals surface area (Å²) in [6.45, 7) is 0.179. The van der Waals surface area contributed by atoms with Gasteiger partial charge in [0.25, 0.3) is 0 Å². The number of hydrogen-bond donors (Lipinski definition) is 3. The van der Waals surface area contributed by atoms with Crippen LogP contribution in [0.2, 0.25) is 0 Å². The van der Waals surface area contributed by atoms with Crippen molar-refractivity contribution >= 4 is 17.7 Å². The van der Waals surface area contributed by atoms with Crippen molar-refractivity contribution in [2.45, 2.75) is 26.6 Å². The number of alkyl halides is 2. The van der Waals surface area contributed by atoms with Crippen LogP contribution in [0.25, 0.3) is 0 Å². The minimum atomic E-state index is -2.93. The molecule has 8 nitrogen and oxygen atoms in total. The molecule has 2 aromatic carbocycles. The molecule has 0 aliphatic carbocycles. The number of halogens is 2. The average molecular weight is 436 g/mol. The summed E-state index contributed by atoms with van der Waals surface area (Å²) in [5.74, 6) is 1.10. The number of methoxy groups -OCH3 is 2. The van der Waals surface area contributed by atoms with E-state index in [-0.39, 0.29) is 12.3 Å². The molecule has 0 atom stereocenters. The zero-order valence-electron chi connectivity index (χ0n) is 17.6. The van der Waals surface area contributed by atoms with E-state index in [9.17, 15) is 13.6 Å². The maximum atomic E-state index is 12.7. The molecule has 0 bridgehead atoms. The van der Waals surface area contributed by atoms with Crippen LogP contribution in [0.4, 0.5) is 19.3 Å². The fourth-order valence-electron chi connectivity index (χ4n) is 2.59. The van der Waals surface area contributed by atoms with Crippen LogP contribution in [0.15, 0.2) is 47.5 Å². The van der Waals surface area contributed by atoms with Gasteiger partial charge in [-0.05, 0) is 42.8 Å². The quantitative estimate of drug-likeness (QED) is 0.410. The Morgan fingerprint density at radius 3 is 2.45 bits per heavy atom. The van der Waals surface area contributed by atoms with Gasteiger partial charge in [-0.2, -0.15) is 8.78 Å². The molecule has 10 heteroatoms. The first kappa shape index (κ1) is 23.7. The number of benzene rings is 2. The number of nitrogens with zero attached hydrogens (tertiary/aromatic N) is 1. The Kier molecular flexibility index (Phi) is 9.34. The van der Waals surface area contributed by atoms with Crippen molar-refractivity contribution in [1.82, 2.24) is 10.6 Å². The molecule has 0 spiro atoms. The number of rotatable bonds is 9. The number of amides is 1. The van der Waals surface area contributed by atoms with Gasteiger partial charge in [-0.1, -0.05) is 12.1 Å². The molecular weight excluding hydrogens is 410 g/mol. The molecule has 1 amide bonds. The average Bonchev–Trinajstić information content (AvgIpc) is 2.77. The van der Waals surface area contributed by atoms with Gasteiger partial charge < -0.3 is 24.8 Å². The van der Waals surface area contributed by atoms with Gasteiger partial charge >= 0.3 is 12.7 Å². The Morgan fingerprint density at radius 1 is 1.10 bits per heavy atom. The van der Waals surface area contributed by atoms with Crippen LogP contribution in [-0.4, -0.2) is 39.4 Å². The highest BCUT2D eigenvalue weighted by atomic mass is 19.3. The molecule has 2 rings (SSSR count). The maximum Gasteiger partial charge on any atom is 0.411 e. The van der Waals surface area contributed by atoms with Crippen LogP contribution >= 0.6 is 0 Å². The predicted molar refractivity (Wildman–Crippen MR) is 114 cm³/mol. The van der Waals surface area contributed by atoms with Gasteiger partial charge in [0.1, 0.15) is 11.5 Å². The second-order valence-corrected chi connectivity index (χ2v) is 6.21. The maximum absolute atomic E-state index is 12.7. The Bertz CT molecular complexity index is 876. The van der Waals surface area contributed by atoms with Crippen molar-refractivity contribution in [3.8, 4) is 11.5 Å². The zero-order valence-corrected chi connectivity index (χ0v) is 17.6. The second-order valence-electron chi connectivity index (χ2n) is 6.21. The highest BCUT2D eigenvalue weighted by Crippen LogP contribution is 2.25. The van der Waals surface area contributed by atoms with Gasteiger partial charge in [0.05, 0.1) is 20.8 Å². The van der Waals surface area contributed by atoms with Gasteiger partial charge in [-0.15, -0.1) is 0 Å². The number of guanidine groups is 1. The fourth-order valence-corrected chi connectivity index (χ4v) is 2.59. The van der Waals surface area contributed by atoms with Gasteiger partial charge in [-0.3, -0.25) is 5.32 Å². The van der Waals surface area contributed by atoms with Crippen LogP contribution < -0.4 is 25.4 Å². The summed E-state index contributed by atoms with van der Waals surface area (Å²) >= 11 is 0. The summed E-state index contributed by atoms with van der Waals surface area (Å²) in [5, 5.41) is 8.78. The Morgan fingerprint density at radius 2 is 1.84 bits per heavy atom. The molecule has 0 saturated heterocycles. The molecule has 0 aliphatic rings. The molecule has 0 saturated carbocycles. The first-order valence-corrected chi connectivity index (χ1v) is 9.53. The number of aliphatic imine (C=N–C) groups is 1. The number of carbonyl (C=O) groups is 1. The largest absolute Gasteiger partial charge is 0.497 e. The molecule has 0 radical (unpaired) electrons. The van der Waals surface area contributed by atoms with Crippen LogP contribution in [0, 0.1) is 0 Å². The predicted octanol–water partition coefficient (Wildman–Crippen LogP) is 3.73. The standard InChI is InChI=1S/C21H26F2N4O4/c1-4-24-20(25-12-14-5-7-16(8-6-14)27-21(28)30-3)26-13-15-11-17(29-2)9-10-18(15)31-19(22)23/h5-11,19H,4,12-13H2,1-3H3,(H,27,28)(H2,24,25,26). The third kappa shape index (κ3) is 8.00. The summed E-state index contributed by atoms with van der Waals surface area (Å²) in [6, 6.07) is 11.8. The molecule has 31 heavy (non-hydrogen) atoms. The first-order valence-electron chi connectivity index (χ1n) is 9.53. The SMILES string of the molecule is CCNC(=NCc1ccc(NC(=O)OC)cc1)NCc1cc(OC)ccc1OC(F)F. The van der Waals surface area contributed by atoms with Crippen LogP contribution in [-0.2, 0) is 17.8 Å². The number of carbonyl (C=O) groups excluding carboxylic acids is 1. The summed E-state index contributed by atoms with van der Waals surface area (Å²) < 4.78 is 39.7. The lowest BCUT2D eigenvalue weighted by Gasteiger charge is -2.15. The topological polar surface area (TPSA) is 93.2 Å². The Labute approximate surface area is 179 Å². The summed E-state index contributed by atoms with van der Waals surface area (Å²) in [7, 11) is 2.79.